The molecule has 0 spiro atoms. The van der Waals surface area contributed by atoms with E-state index in [-0.39, 0.29) is 18.1 Å². The van der Waals surface area contributed by atoms with Crippen LogP contribution in [0.25, 0.3) is 0 Å². The number of esters is 1. The number of carbonyl (C=O) groups excluding carboxylic acids is 2. The van der Waals surface area contributed by atoms with E-state index in [0.29, 0.717) is 11.3 Å². The van der Waals surface area contributed by atoms with Crippen LogP contribution in [0.5, 0.6) is 0 Å². The zero-order valence-corrected chi connectivity index (χ0v) is 13.7. The largest absolute Gasteiger partial charge is 0.462 e. The fourth-order valence-electron chi connectivity index (χ4n) is 2.56. The summed E-state index contributed by atoms with van der Waals surface area (Å²) in [6.07, 6.45) is 4.46. The van der Waals surface area contributed by atoms with Crippen LogP contribution in [0, 0.1) is 11.3 Å². The molecule has 1 amide bonds. The van der Waals surface area contributed by atoms with Gasteiger partial charge in [-0.1, -0.05) is 12.1 Å². The predicted octanol–water partition coefficient (Wildman–Crippen LogP) is 2.70. The molecule has 6 nitrogen and oxygen atoms in total. The van der Waals surface area contributed by atoms with Crippen molar-refractivity contribution < 1.29 is 14.3 Å². The Morgan fingerprint density at radius 3 is 2.67 bits per heavy atom. The molecular formula is C18H21N3O3. The van der Waals surface area contributed by atoms with Crippen LogP contribution in [0.15, 0.2) is 36.0 Å². The summed E-state index contributed by atoms with van der Waals surface area (Å²) in [5, 5.41) is 11.9. The third-order valence-electron chi connectivity index (χ3n) is 3.79. The van der Waals surface area contributed by atoms with Gasteiger partial charge in [0.1, 0.15) is 6.07 Å². The Bertz CT molecular complexity index is 670. The van der Waals surface area contributed by atoms with Crippen molar-refractivity contribution in [1.82, 2.24) is 4.90 Å². The number of nitrogens with one attached hydrogen (secondary N) is 1. The Hall–Kier alpha value is -2.81. The summed E-state index contributed by atoms with van der Waals surface area (Å²) in [7, 11) is 0. The van der Waals surface area contributed by atoms with Gasteiger partial charge in [-0.15, -0.1) is 0 Å². The lowest BCUT2D eigenvalue weighted by atomic mass is 10.1. The van der Waals surface area contributed by atoms with Gasteiger partial charge in [0, 0.05) is 19.3 Å². The van der Waals surface area contributed by atoms with Crippen molar-refractivity contribution in [2.24, 2.45) is 0 Å². The topological polar surface area (TPSA) is 82.4 Å². The highest BCUT2D eigenvalue weighted by Crippen LogP contribution is 2.20. The van der Waals surface area contributed by atoms with E-state index in [2.05, 4.69) is 5.32 Å². The van der Waals surface area contributed by atoms with Crippen molar-refractivity contribution in [1.29, 1.82) is 5.26 Å². The number of benzene rings is 1. The Balaban J connectivity index is 2.18. The molecule has 1 saturated heterocycles. The molecule has 0 aliphatic carbocycles. The quantitative estimate of drug-likeness (QED) is 0.511. The molecule has 1 aliphatic rings. The molecule has 6 heteroatoms. The van der Waals surface area contributed by atoms with Gasteiger partial charge >= 0.3 is 5.97 Å². The Kier molecular flexibility index (Phi) is 6.38. The molecule has 1 N–H and O–H groups in total. The molecule has 1 fully saturated rings. The number of nitrogens with zero attached hydrogens (tertiary/aromatic N) is 2. The van der Waals surface area contributed by atoms with Crippen molar-refractivity contribution in [2.75, 3.05) is 25.0 Å². The summed E-state index contributed by atoms with van der Waals surface area (Å²) in [6, 6.07) is 8.87. The van der Waals surface area contributed by atoms with E-state index < -0.39 is 5.97 Å². The molecule has 1 aromatic carbocycles. The van der Waals surface area contributed by atoms with Crippen LogP contribution in [0.4, 0.5) is 5.69 Å². The minimum absolute atomic E-state index is 0.0409. The minimum Gasteiger partial charge on any atom is -0.462 e. The summed E-state index contributed by atoms with van der Waals surface area (Å²) in [4.78, 5) is 26.2. The molecule has 2 rings (SSSR count). The number of hydrogen-bond donors (Lipinski definition) is 1. The second kappa shape index (κ2) is 8.73. The van der Waals surface area contributed by atoms with E-state index >= 15 is 0 Å². The molecule has 0 unspecified atom stereocenters. The summed E-state index contributed by atoms with van der Waals surface area (Å²) in [5.74, 6) is -0.729. The number of piperidine rings is 1. The number of carbonyl (C=O) groups is 2. The molecule has 0 radical (unpaired) electrons. The highest BCUT2D eigenvalue weighted by molar-refractivity contribution is 6.00. The smallest absolute Gasteiger partial charge is 0.350 e. The average molecular weight is 327 g/mol. The van der Waals surface area contributed by atoms with E-state index in [0.717, 1.165) is 32.4 Å². The maximum absolute atomic E-state index is 12.7. The number of amides is 1. The average Bonchev–Trinajstić information content (AvgIpc) is 2.63. The van der Waals surface area contributed by atoms with Crippen molar-refractivity contribution >= 4 is 17.6 Å². The predicted molar refractivity (Wildman–Crippen MR) is 90.1 cm³/mol. The Morgan fingerprint density at radius 2 is 2.00 bits per heavy atom. The monoisotopic (exact) mass is 327 g/mol. The van der Waals surface area contributed by atoms with Crippen LogP contribution in [-0.4, -0.2) is 36.5 Å². The zero-order valence-electron chi connectivity index (χ0n) is 13.7. The fourth-order valence-corrected chi connectivity index (χ4v) is 2.56. The summed E-state index contributed by atoms with van der Waals surface area (Å²) in [6.45, 7) is 3.39. The highest BCUT2D eigenvalue weighted by Gasteiger charge is 2.20. The molecule has 1 aliphatic heterocycles. The first kappa shape index (κ1) is 17.5. The minimum atomic E-state index is -0.688. The normalized spacial score (nSPS) is 14.7. The highest BCUT2D eigenvalue weighted by atomic mass is 16.5. The van der Waals surface area contributed by atoms with Crippen molar-refractivity contribution in [2.45, 2.75) is 26.2 Å². The standard InChI is InChI=1S/C18H21N3O3/c1-2-24-18(23)14(12-19)13-20-16-9-5-4-8-15(16)17(22)21-10-6-3-7-11-21/h4-5,8-9,13,20H,2-3,6-7,10-11H2,1H3. The number of nitriles is 1. The van der Waals surface area contributed by atoms with Gasteiger partial charge in [0.2, 0.25) is 0 Å². The van der Waals surface area contributed by atoms with Crippen LogP contribution in [-0.2, 0) is 9.53 Å². The van der Waals surface area contributed by atoms with Crippen LogP contribution in [0.3, 0.4) is 0 Å². The van der Waals surface area contributed by atoms with E-state index in [1.165, 1.54) is 6.20 Å². The summed E-state index contributed by atoms with van der Waals surface area (Å²) >= 11 is 0. The van der Waals surface area contributed by atoms with Crippen LogP contribution in [0.1, 0.15) is 36.5 Å². The second-order valence-corrected chi connectivity index (χ2v) is 5.43. The molecule has 1 aromatic rings. The Morgan fingerprint density at radius 1 is 1.29 bits per heavy atom. The maximum Gasteiger partial charge on any atom is 0.350 e. The molecule has 126 valence electrons. The van der Waals surface area contributed by atoms with Crippen LogP contribution >= 0.6 is 0 Å². The van der Waals surface area contributed by atoms with Crippen LogP contribution < -0.4 is 5.32 Å². The molecule has 0 bridgehead atoms. The lowest BCUT2D eigenvalue weighted by Crippen LogP contribution is -2.35. The first-order valence-corrected chi connectivity index (χ1v) is 8.09. The number of rotatable bonds is 5. The SMILES string of the molecule is CCOC(=O)C(C#N)=CNc1ccccc1C(=O)N1CCCCC1. The van der Waals surface area contributed by atoms with Gasteiger partial charge in [-0.2, -0.15) is 5.26 Å². The third kappa shape index (κ3) is 4.35. The van der Waals surface area contributed by atoms with Crippen LogP contribution in [0.2, 0.25) is 0 Å². The molecule has 0 atom stereocenters. The fraction of sp³-hybridized carbons (Fsp3) is 0.389. The van der Waals surface area contributed by atoms with Crippen molar-refractivity contribution in [3.63, 3.8) is 0 Å². The number of likely N-dealkylation sites (tertiary alicyclic amines) is 1. The van der Waals surface area contributed by atoms with E-state index in [1.54, 1.807) is 37.3 Å². The molecule has 1 heterocycles. The zero-order chi connectivity index (χ0) is 17.4. The van der Waals surface area contributed by atoms with Gasteiger partial charge in [-0.25, -0.2) is 4.79 Å². The molecule has 24 heavy (non-hydrogen) atoms. The van der Waals surface area contributed by atoms with Gasteiger partial charge in [0.25, 0.3) is 5.91 Å². The van der Waals surface area contributed by atoms with Gasteiger partial charge in [0.15, 0.2) is 5.57 Å². The van der Waals surface area contributed by atoms with E-state index in [4.69, 9.17) is 10.00 Å². The van der Waals surface area contributed by atoms with Gasteiger partial charge in [-0.05, 0) is 38.3 Å². The number of ether oxygens (including phenoxy) is 1. The molecular weight excluding hydrogens is 306 g/mol. The lowest BCUT2D eigenvalue weighted by Gasteiger charge is -2.27. The van der Waals surface area contributed by atoms with Crippen molar-refractivity contribution in [3.8, 4) is 6.07 Å². The van der Waals surface area contributed by atoms with E-state index in [9.17, 15) is 9.59 Å². The number of hydrogen-bond acceptors (Lipinski definition) is 5. The lowest BCUT2D eigenvalue weighted by molar-refractivity contribution is -0.138. The number of para-hydroxylation sites is 1. The molecule has 0 aromatic heterocycles. The first-order valence-electron chi connectivity index (χ1n) is 8.09. The van der Waals surface area contributed by atoms with Gasteiger partial charge in [-0.3, -0.25) is 4.79 Å². The Labute approximate surface area is 141 Å². The summed E-state index contributed by atoms with van der Waals surface area (Å²) < 4.78 is 4.81. The van der Waals surface area contributed by atoms with Crippen molar-refractivity contribution in [3.05, 3.63) is 41.6 Å². The summed E-state index contributed by atoms with van der Waals surface area (Å²) in [5.41, 5.74) is 0.944. The second-order valence-electron chi connectivity index (χ2n) is 5.43. The van der Waals surface area contributed by atoms with Gasteiger partial charge < -0.3 is 15.0 Å². The maximum atomic E-state index is 12.7. The third-order valence-corrected chi connectivity index (χ3v) is 3.79. The molecule has 0 saturated carbocycles. The van der Waals surface area contributed by atoms with E-state index in [1.807, 2.05) is 4.90 Å². The van der Waals surface area contributed by atoms with Gasteiger partial charge in [0.05, 0.1) is 17.9 Å². The first-order chi connectivity index (χ1) is 11.7. The number of anilines is 1.